The van der Waals surface area contributed by atoms with Gasteiger partial charge in [0.05, 0.1) is 31.6 Å². The minimum atomic E-state index is -4.51. The van der Waals surface area contributed by atoms with Gasteiger partial charge in [-0.1, -0.05) is 65.0 Å². The largest absolute Gasteiger partial charge is 0.461 e. The number of likely N-dealkylation sites (tertiary alicyclic amines) is 1. The molecule has 1 aliphatic rings. The van der Waals surface area contributed by atoms with Crippen LogP contribution < -0.4 is 16.0 Å². The summed E-state index contributed by atoms with van der Waals surface area (Å²) in [7, 11) is 0. The number of ether oxygens (including phenoxy) is 2. The SMILES string of the molecule is CCOC(=O)C(F)(F)C(=O)C(CC)NC(=O)[C@@H]1C[C@@H](OCc2ccccc2)CN1C(=O)[C@H](NC(=O)[C@H](NC(=O)c1cnccn1)C(C)C)C(C)C. The summed E-state index contributed by atoms with van der Waals surface area (Å²) < 4.78 is 39.7. The number of nitrogens with zero attached hydrogens (tertiary/aromatic N) is 3. The number of nitrogens with one attached hydrogen (secondary N) is 3. The normalized spacial score (nSPS) is 17.7. The number of halogens is 2. The van der Waals surface area contributed by atoms with E-state index in [1.54, 1.807) is 27.7 Å². The van der Waals surface area contributed by atoms with Gasteiger partial charge in [-0.2, -0.15) is 8.78 Å². The third kappa shape index (κ3) is 10.6. The van der Waals surface area contributed by atoms with E-state index < -0.39 is 83.4 Å². The fourth-order valence-electron chi connectivity index (χ4n) is 5.46. The van der Waals surface area contributed by atoms with E-state index in [1.807, 2.05) is 30.3 Å². The molecule has 1 fully saturated rings. The van der Waals surface area contributed by atoms with E-state index >= 15 is 0 Å². The number of esters is 1. The Bertz CT molecular complexity index is 1530. The van der Waals surface area contributed by atoms with Crippen LogP contribution in [0.25, 0.3) is 0 Å². The van der Waals surface area contributed by atoms with Crippen LogP contribution in [-0.4, -0.2) is 99.6 Å². The van der Waals surface area contributed by atoms with Crippen LogP contribution in [0.1, 0.15) is 70.4 Å². The molecule has 1 aromatic carbocycles. The fraction of sp³-hybridized carbons (Fsp3) is 0.543. The van der Waals surface area contributed by atoms with Crippen LogP contribution in [-0.2, 0) is 40.1 Å². The van der Waals surface area contributed by atoms with Crippen LogP contribution in [0.15, 0.2) is 48.9 Å². The van der Waals surface area contributed by atoms with Crippen LogP contribution in [0, 0.1) is 11.8 Å². The van der Waals surface area contributed by atoms with Crippen LogP contribution in [0.2, 0.25) is 0 Å². The van der Waals surface area contributed by atoms with Gasteiger partial charge in [0.25, 0.3) is 5.91 Å². The average molecular weight is 717 g/mol. The summed E-state index contributed by atoms with van der Waals surface area (Å²) in [6.45, 7) is 9.15. The highest BCUT2D eigenvalue weighted by molar-refractivity contribution is 6.09. The Labute approximate surface area is 295 Å². The molecule has 0 radical (unpaired) electrons. The molecule has 0 bridgehead atoms. The van der Waals surface area contributed by atoms with Gasteiger partial charge in [0.1, 0.15) is 23.8 Å². The molecular weight excluding hydrogens is 670 g/mol. The zero-order valence-corrected chi connectivity index (χ0v) is 29.6. The Kier molecular flexibility index (Phi) is 14.6. The summed E-state index contributed by atoms with van der Waals surface area (Å²) in [5.41, 5.74) is 0.820. The molecule has 0 spiro atoms. The number of amides is 4. The first-order valence-corrected chi connectivity index (χ1v) is 16.8. The number of Topliss-reactive ketones (excluding diaryl/α,β-unsaturated/α-hetero) is 1. The van der Waals surface area contributed by atoms with E-state index in [4.69, 9.17) is 4.74 Å². The highest BCUT2D eigenvalue weighted by atomic mass is 19.3. The number of alkyl halides is 2. The molecule has 5 atom stereocenters. The van der Waals surface area contributed by atoms with Crippen LogP contribution in [0.4, 0.5) is 8.78 Å². The smallest absolute Gasteiger partial charge is 0.401 e. The van der Waals surface area contributed by atoms with Gasteiger partial charge in [-0.3, -0.25) is 29.0 Å². The second kappa shape index (κ2) is 18.4. The molecule has 0 saturated carbocycles. The Balaban J connectivity index is 1.86. The molecule has 1 aliphatic heterocycles. The summed E-state index contributed by atoms with van der Waals surface area (Å²) in [4.78, 5) is 88.0. The Morgan fingerprint density at radius 1 is 0.941 bits per heavy atom. The predicted molar refractivity (Wildman–Crippen MR) is 179 cm³/mol. The van der Waals surface area contributed by atoms with Gasteiger partial charge >= 0.3 is 11.9 Å². The Morgan fingerprint density at radius 2 is 1.61 bits per heavy atom. The van der Waals surface area contributed by atoms with Crippen molar-refractivity contribution < 1.29 is 47.0 Å². The summed E-state index contributed by atoms with van der Waals surface area (Å²) in [5, 5.41) is 7.65. The van der Waals surface area contributed by atoms with Crippen molar-refractivity contribution in [2.45, 2.75) is 97.2 Å². The summed E-state index contributed by atoms with van der Waals surface area (Å²) >= 11 is 0. The van der Waals surface area contributed by atoms with E-state index in [9.17, 15) is 37.5 Å². The first kappa shape index (κ1) is 40.6. The topological polar surface area (TPSA) is 186 Å². The number of rotatable bonds is 17. The van der Waals surface area contributed by atoms with Crippen LogP contribution >= 0.6 is 0 Å². The fourth-order valence-corrected chi connectivity index (χ4v) is 5.46. The second-order valence-electron chi connectivity index (χ2n) is 12.8. The maximum absolute atomic E-state index is 14.7. The standard InChI is InChI=1S/C35H46F2N6O8/c1-7-24(29(44)35(36,37)34(49)50-8-2)40-31(46)26-16-23(51-19-22-12-10-9-11-13-22)18-43(26)33(48)28(21(5)6)42-32(47)27(20(3)4)41-30(45)25-17-38-14-15-39-25/h9-15,17,20-21,23-24,26-28H,7-8,16,18-19H2,1-6H3,(H,40,46)(H,41,45)(H,42,47)/t23-,24?,26+,27-,28-/m1/s1. The maximum atomic E-state index is 14.7. The van der Waals surface area contributed by atoms with Crippen molar-refractivity contribution in [2.75, 3.05) is 13.2 Å². The predicted octanol–water partition coefficient (Wildman–Crippen LogP) is 2.22. The molecular formula is C35H46F2N6O8. The van der Waals surface area contributed by atoms with Gasteiger partial charge in [-0.05, 0) is 30.7 Å². The van der Waals surface area contributed by atoms with Gasteiger partial charge in [0.15, 0.2) is 0 Å². The van der Waals surface area contributed by atoms with E-state index in [0.717, 1.165) is 5.56 Å². The number of hydrogen-bond donors (Lipinski definition) is 3. The number of hydrogen-bond acceptors (Lipinski definition) is 10. The molecule has 2 heterocycles. The number of carbonyl (C=O) groups excluding carboxylic acids is 6. The zero-order chi connectivity index (χ0) is 37.9. The quantitative estimate of drug-likeness (QED) is 0.162. The van der Waals surface area contributed by atoms with Crippen molar-refractivity contribution >= 4 is 35.4 Å². The lowest BCUT2D eigenvalue weighted by Gasteiger charge is -2.32. The minimum Gasteiger partial charge on any atom is -0.461 e. The molecule has 0 aliphatic carbocycles. The Morgan fingerprint density at radius 3 is 2.18 bits per heavy atom. The van der Waals surface area contributed by atoms with E-state index in [1.165, 1.54) is 37.3 Å². The van der Waals surface area contributed by atoms with Gasteiger partial charge < -0.3 is 30.3 Å². The van der Waals surface area contributed by atoms with Gasteiger partial charge in [-0.15, -0.1) is 0 Å². The van der Waals surface area contributed by atoms with Crippen molar-refractivity contribution in [3.8, 4) is 0 Å². The molecule has 51 heavy (non-hydrogen) atoms. The molecule has 4 amide bonds. The van der Waals surface area contributed by atoms with Crippen molar-refractivity contribution in [1.82, 2.24) is 30.8 Å². The molecule has 278 valence electrons. The van der Waals surface area contributed by atoms with Gasteiger partial charge in [-0.25, -0.2) is 9.78 Å². The van der Waals surface area contributed by atoms with E-state index in [-0.39, 0.29) is 38.3 Å². The summed E-state index contributed by atoms with van der Waals surface area (Å²) in [6, 6.07) is 3.83. The molecule has 1 unspecified atom stereocenters. The van der Waals surface area contributed by atoms with Gasteiger partial charge in [0, 0.05) is 25.4 Å². The van der Waals surface area contributed by atoms with Crippen molar-refractivity contribution in [1.29, 1.82) is 0 Å². The molecule has 1 saturated heterocycles. The van der Waals surface area contributed by atoms with Gasteiger partial charge in [0.2, 0.25) is 23.5 Å². The zero-order valence-electron chi connectivity index (χ0n) is 29.6. The highest BCUT2D eigenvalue weighted by Gasteiger charge is 2.52. The number of carbonyl (C=O) groups is 6. The van der Waals surface area contributed by atoms with Crippen molar-refractivity contribution in [3.63, 3.8) is 0 Å². The second-order valence-corrected chi connectivity index (χ2v) is 12.8. The summed E-state index contributed by atoms with van der Waals surface area (Å²) in [6.07, 6.45) is 2.95. The number of benzene rings is 1. The molecule has 2 aromatic rings. The molecule has 3 N–H and O–H groups in total. The van der Waals surface area contributed by atoms with Crippen molar-refractivity contribution in [3.05, 3.63) is 60.2 Å². The lowest BCUT2D eigenvalue weighted by molar-refractivity contribution is -0.177. The monoisotopic (exact) mass is 716 g/mol. The first-order valence-electron chi connectivity index (χ1n) is 16.8. The van der Waals surface area contributed by atoms with E-state index in [0.29, 0.717) is 0 Å². The average Bonchev–Trinajstić information content (AvgIpc) is 3.55. The van der Waals surface area contributed by atoms with Crippen LogP contribution in [0.3, 0.4) is 0 Å². The molecule has 16 heteroatoms. The lowest BCUT2D eigenvalue weighted by Crippen LogP contribution is -2.60. The molecule has 14 nitrogen and oxygen atoms in total. The minimum absolute atomic E-state index is 0.0104. The van der Waals surface area contributed by atoms with Crippen LogP contribution in [0.5, 0.6) is 0 Å². The lowest BCUT2D eigenvalue weighted by atomic mass is 9.98. The highest BCUT2D eigenvalue weighted by Crippen LogP contribution is 2.26. The van der Waals surface area contributed by atoms with Crippen molar-refractivity contribution in [2.24, 2.45) is 11.8 Å². The third-order valence-electron chi connectivity index (χ3n) is 8.32. The maximum Gasteiger partial charge on any atom is 0.401 e. The Hall–Kier alpha value is -4.86. The van der Waals surface area contributed by atoms with E-state index in [2.05, 4.69) is 30.7 Å². The third-order valence-corrected chi connectivity index (χ3v) is 8.32. The molecule has 1 aromatic heterocycles. The summed E-state index contributed by atoms with van der Waals surface area (Å²) in [5.74, 6) is -12.2. The first-order chi connectivity index (χ1) is 24.1. The number of ketones is 1. The number of aromatic nitrogens is 2. The molecule has 3 rings (SSSR count).